The Kier molecular flexibility index (Phi) is 3.56. The van der Waals surface area contributed by atoms with Crippen LogP contribution in [0, 0.1) is 0 Å². The van der Waals surface area contributed by atoms with Gasteiger partial charge in [-0.05, 0) is 18.9 Å². The van der Waals surface area contributed by atoms with Gasteiger partial charge in [-0.25, -0.2) is 27.8 Å². The first-order chi connectivity index (χ1) is 9.97. The van der Waals surface area contributed by atoms with Crippen LogP contribution in [-0.4, -0.2) is 28.2 Å². The zero-order valence-electron chi connectivity index (χ0n) is 10.9. The van der Waals surface area contributed by atoms with Gasteiger partial charge in [0.25, 0.3) is 0 Å². The number of fused-ring (bicyclic) bond motifs is 1. The normalized spacial score (nSPS) is 18.4. The Hall–Kier alpha value is -1.71. The molecule has 1 aliphatic rings. The number of hydrogen-bond acceptors (Lipinski definition) is 6. The lowest BCUT2D eigenvalue weighted by atomic mass is 10.1. The van der Waals surface area contributed by atoms with Gasteiger partial charge in [0.2, 0.25) is 10.0 Å². The van der Waals surface area contributed by atoms with Crippen LogP contribution in [0.15, 0.2) is 23.5 Å². The summed E-state index contributed by atoms with van der Waals surface area (Å²) in [6.07, 6.45) is 4.17. The van der Waals surface area contributed by atoms with E-state index in [2.05, 4.69) is 19.8 Å². The van der Waals surface area contributed by atoms with Crippen molar-refractivity contribution < 1.29 is 8.42 Å². The average molecular weight is 329 g/mol. The number of nitrogens with one attached hydrogen (secondary N) is 1. The van der Waals surface area contributed by atoms with Crippen molar-refractivity contribution in [3.8, 4) is 0 Å². The zero-order valence-corrected chi connectivity index (χ0v) is 12.5. The Morgan fingerprint density at radius 3 is 3.05 bits per heavy atom. The van der Waals surface area contributed by atoms with E-state index in [-0.39, 0.29) is 15.7 Å². The molecule has 8 nitrogen and oxygen atoms in total. The van der Waals surface area contributed by atoms with Crippen LogP contribution in [0.2, 0.25) is 5.02 Å². The molecule has 1 atom stereocenters. The third kappa shape index (κ3) is 2.71. The number of halogens is 1. The molecule has 0 radical (unpaired) electrons. The summed E-state index contributed by atoms with van der Waals surface area (Å²) in [4.78, 5) is 7.74. The highest BCUT2D eigenvalue weighted by molar-refractivity contribution is 7.89. The summed E-state index contributed by atoms with van der Waals surface area (Å²) in [7, 11) is -3.84. The molecular formula is C11H13ClN6O2S. The van der Waals surface area contributed by atoms with Gasteiger partial charge < -0.3 is 5.73 Å². The van der Waals surface area contributed by atoms with E-state index in [9.17, 15) is 8.42 Å². The van der Waals surface area contributed by atoms with Crippen LogP contribution in [0.4, 0.5) is 5.82 Å². The molecule has 0 fully saturated rings. The molecule has 1 aliphatic heterocycles. The van der Waals surface area contributed by atoms with Crippen LogP contribution in [-0.2, 0) is 16.6 Å². The molecule has 0 amide bonds. The highest BCUT2D eigenvalue weighted by Crippen LogP contribution is 2.26. The molecule has 3 heterocycles. The largest absolute Gasteiger partial charge is 0.383 e. The van der Waals surface area contributed by atoms with Crippen LogP contribution in [0.3, 0.4) is 0 Å². The standard InChI is InChI=1S/C11H13ClN6O2S/c12-7-4-9(10(13)14-5-7)21(19,20)17-8-2-1-3-18-11(8)15-6-16-18/h4-6,8,17H,1-3H2,(H2,13,14)/t8-/m0/s1. The van der Waals surface area contributed by atoms with Crippen molar-refractivity contribution in [3.05, 3.63) is 29.4 Å². The number of aromatic nitrogens is 4. The number of aryl methyl sites for hydroxylation is 1. The van der Waals surface area contributed by atoms with Crippen LogP contribution >= 0.6 is 11.6 Å². The lowest BCUT2D eigenvalue weighted by Crippen LogP contribution is -2.33. The third-order valence-electron chi connectivity index (χ3n) is 3.26. The number of pyridine rings is 1. The highest BCUT2D eigenvalue weighted by Gasteiger charge is 2.29. The summed E-state index contributed by atoms with van der Waals surface area (Å²) in [5.74, 6) is 0.502. The van der Waals surface area contributed by atoms with E-state index < -0.39 is 16.1 Å². The van der Waals surface area contributed by atoms with Crippen LogP contribution in [0.1, 0.15) is 24.7 Å². The fraction of sp³-hybridized carbons (Fsp3) is 0.364. The van der Waals surface area contributed by atoms with Gasteiger partial charge in [-0.3, -0.25) is 0 Å². The molecule has 3 rings (SSSR count). The van der Waals surface area contributed by atoms with Gasteiger partial charge >= 0.3 is 0 Å². The maximum atomic E-state index is 12.5. The lowest BCUT2D eigenvalue weighted by molar-refractivity contribution is 0.400. The summed E-state index contributed by atoms with van der Waals surface area (Å²) in [6.45, 7) is 0.731. The first-order valence-corrected chi connectivity index (χ1v) is 8.14. The highest BCUT2D eigenvalue weighted by atomic mass is 35.5. The summed E-state index contributed by atoms with van der Waals surface area (Å²) in [6, 6.07) is 0.837. The fourth-order valence-corrected chi connectivity index (χ4v) is 3.86. The van der Waals surface area contributed by atoms with Gasteiger partial charge in [0.1, 0.15) is 22.9 Å². The second kappa shape index (κ2) is 5.24. The number of nitrogen functional groups attached to an aromatic ring is 1. The maximum Gasteiger partial charge on any atom is 0.244 e. The smallest absolute Gasteiger partial charge is 0.244 e. The Bertz CT molecular complexity index is 775. The summed E-state index contributed by atoms with van der Waals surface area (Å²) < 4.78 is 29.2. The lowest BCUT2D eigenvalue weighted by Gasteiger charge is -2.23. The minimum atomic E-state index is -3.84. The second-order valence-electron chi connectivity index (χ2n) is 4.69. The predicted octanol–water partition coefficient (Wildman–Crippen LogP) is 0.722. The maximum absolute atomic E-state index is 12.5. The second-order valence-corrected chi connectivity index (χ2v) is 6.81. The van der Waals surface area contributed by atoms with Gasteiger partial charge in [-0.1, -0.05) is 11.6 Å². The van der Waals surface area contributed by atoms with Crippen LogP contribution < -0.4 is 10.5 Å². The van der Waals surface area contributed by atoms with Gasteiger partial charge in [-0.2, -0.15) is 5.10 Å². The number of hydrogen-bond donors (Lipinski definition) is 2. The zero-order chi connectivity index (χ0) is 15.0. The van der Waals surface area contributed by atoms with E-state index in [0.717, 1.165) is 13.0 Å². The quantitative estimate of drug-likeness (QED) is 0.857. The van der Waals surface area contributed by atoms with E-state index in [4.69, 9.17) is 17.3 Å². The molecule has 0 aliphatic carbocycles. The molecule has 0 spiro atoms. The van der Waals surface area contributed by atoms with Crippen molar-refractivity contribution in [1.82, 2.24) is 24.5 Å². The van der Waals surface area contributed by atoms with Crippen molar-refractivity contribution >= 4 is 27.4 Å². The third-order valence-corrected chi connectivity index (χ3v) is 4.96. The molecule has 21 heavy (non-hydrogen) atoms. The topological polar surface area (TPSA) is 116 Å². The minimum Gasteiger partial charge on any atom is -0.383 e. The van der Waals surface area contributed by atoms with Gasteiger partial charge in [0.05, 0.1) is 11.1 Å². The Morgan fingerprint density at radius 2 is 2.24 bits per heavy atom. The van der Waals surface area contributed by atoms with Crippen LogP contribution in [0.5, 0.6) is 0 Å². The molecule has 0 unspecified atom stereocenters. The Morgan fingerprint density at radius 1 is 1.43 bits per heavy atom. The van der Waals surface area contributed by atoms with Gasteiger partial charge in [0, 0.05) is 12.7 Å². The van der Waals surface area contributed by atoms with Gasteiger partial charge in [-0.15, -0.1) is 0 Å². The molecule has 2 aromatic heterocycles. The number of nitrogens with zero attached hydrogens (tertiary/aromatic N) is 4. The van der Waals surface area contributed by atoms with Crippen molar-refractivity contribution in [2.24, 2.45) is 0 Å². The molecular weight excluding hydrogens is 316 g/mol. The van der Waals surface area contributed by atoms with Crippen molar-refractivity contribution in [3.63, 3.8) is 0 Å². The SMILES string of the molecule is Nc1ncc(Cl)cc1S(=O)(=O)N[C@H]1CCCn2ncnc21. The number of nitrogens with two attached hydrogens (primary N) is 1. The number of rotatable bonds is 3. The molecule has 3 N–H and O–H groups in total. The predicted molar refractivity (Wildman–Crippen MR) is 76.0 cm³/mol. The molecule has 10 heteroatoms. The first kappa shape index (κ1) is 14.2. The monoisotopic (exact) mass is 328 g/mol. The van der Waals surface area contributed by atoms with Crippen LogP contribution in [0.25, 0.3) is 0 Å². The molecule has 112 valence electrons. The molecule has 0 aromatic carbocycles. The van der Waals surface area contributed by atoms with Crippen molar-refractivity contribution in [2.75, 3.05) is 5.73 Å². The Balaban J connectivity index is 1.93. The first-order valence-electron chi connectivity index (χ1n) is 6.28. The van der Waals surface area contributed by atoms with Gasteiger partial charge in [0.15, 0.2) is 0 Å². The fourth-order valence-electron chi connectivity index (χ4n) is 2.30. The van der Waals surface area contributed by atoms with E-state index >= 15 is 0 Å². The molecule has 0 saturated carbocycles. The Labute approximate surface area is 126 Å². The number of sulfonamides is 1. The van der Waals surface area contributed by atoms with E-state index in [1.807, 2.05) is 0 Å². The van der Waals surface area contributed by atoms with E-state index in [0.29, 0.717) is 12.2 Å². The molecule has 0 bridgehead atoms. The van der Waals surface area contributed by atoms with E-state index in [1.54, 1.807) is 4.68 Å². The molecule has 2 aromatic rings. The number of anilines is 1. The average Bonchev–Trinajstić information content (AvgIpc) is 2.90. The minimum absolute atomic E-state index is 0.0934. The van der Waals surface area contributed by atoms with E-state index in [1.165, 1.54) is 18.6 Å². The van der Waals surface area contributed by atoms with Crippen molar-refractivity contribution in [1.29, 1.82) is 0 Å². The summed E-state index contributed by atoms with van der Waals surface area (Å²) in [5, 5.41) is 4.26. The summed E-state index contributed by atoms with van der Waals surface area (Å²) >= 11 is 5.79. The summed E-state index contributed by atoms with van der Waals surface area (Å²) in [5.41, 5.74) is 5.63. The van der Waals surface area contributed by atoms with Crippen molar-refractivity contribution in [2.45, 2.75) is 30.3 Å². The molecule has 0 saturated heterocycles.